The minimum absolute atomic E-state index is 0.0506. The highest BCUT2D eigenvalue weighted by atomic mass is 32.2. The Kier molecular flexibility index (Phi) is 4.69. The fourth-order valence-corrected chi connectivity index (χ4v) is 4.00. The summed E-state index contributed by atoms with van der Waals surface area (Å²) in [6, 6.07) is 3.93. The monoisotopic (exact) mass is 382 g/mol. The predicted molar refractivity (Wildman–Crippen MR) is 92.4 cm³/mol. The van der Waals surface area contributed by atoms with Crippen LogP contribution in [0.4, 0.5) is 0 Å². The van der Waals surface area contributed by atoms with E-state index in [4.69, 9.17) is 4.74 Å². The van der Waals surface area contributed by atoms with E-state index in [2.05, 4.69) is 9.97 Å². The number of hydrogen-bond donors (Lipinski definition) is 2. The van der Waals surface area contributed by atoms with Crippen LogP contribution >= 0.6 is 0 Å². The number of H-pyrrole nitrogens is 2. The molecular weight excluding hydrogens is 364 g/mol. The fourth-order valence-electron chi connectivity index (χ4n) is 2.47. The molecule has 2 N–H and O–H groups in total. The second-order valence-electron chi connectivity index (χ2n) is 6.16. The molecule has 0 aliphatic carbocycles. The Bertz CT molecular complexity index is 1070. The molecule has 0 radical (unpaired) electrons. The minimum Gasteiger partial charge on any atom is -0.366 e. The Morgan fingerprint density at radius 1 is 1.27 bits per heavy atom. The van der Waals surface area contributed by atoms with Crippen LogP contribution in [-0.4, -0.2) is 73.4 Å². The van der Waals surface area contributed by atoms with Gasteiger partial charge in [0.15, 0.2) is 0 Å². The van der Waals surface area contributed by atoms with Crippen LogP contribution in [0.25, 0.3) is 10.9 Å². The lowest BCUT2D eigenvalue weighted by atomic mass is 10.2. The van der Waals surface area contributed by atoms with Gasteiger partial charge in [-0.2, -0.15) is 4.31 Å². The molecule has 1 aliphatic rings. The van der Waals surface area contributed by atoms with Crippen LogP contribution in [0.1, 0.15) is 0 Å². The number of nitrogens with one attached hydrogen (secondary N) is 2. The maximum atomic E-state index is 12.6. The van der Waals surface area contributed by atoms with Crippen molar-refractivity contribution in [1.82, 2.24) is 19.2 Å². The van der Waals surface area contributed by atoms with Gasteiger partial charge < -0.3 is 14.6 Å². The van der Waals surface area contributed by atoms with Gasteiger partial charge >= 0.3 is 5.69 Å². The number of aromatic nitrogens is 2. The lowest BCUT2D eigenvalue weighted by molar-refractivity contribution is -0.138. The van der Waals surface area contributed by atoms with Gasteiger partial charge in [-0.1, -0.05) is 0 Å². The molecule has 11 heteroatoms. The molecule has 1 fully saturated rings. The van der Waals surface area contributed by atoms with E-state index in [1.165, 1.54) is 27.4 Å². The molecule has 0 bridgehead atoms. The second kappa shape index (κ2) is 6.67. The predicted octanol–water partition coefficient (Wildman–Crippen LogP) is -1.31. The van der Waals surface area contributed by atoms with Crippen molar-refractivity contribution in [3.63, 3.8) is 0 Å². The van der Waals surface area contributed by atoms with E-state index in [9.17, 15) is 22.8 Å². The summed E-state index contributed by atoms with van der Waals surface area (Å²) in [5.74, 6) is -0.200. The van der Waals surface area contributed by atoms with Crippen molar-refractivity contribution in [2.75, 3.05) is 33.8 Å². The van der Waals surface area contributed by atoms with E-state index in [-0.39, 0.29) is 47.5 Å². The third-order valence-electron chi connectivity index (χ3n) is 4.10. The Morgan fingerprint density at radius 3 is 2.62 bits per heavy atom. The highest BCUT2D eigenvalue weighted by Gasteiger charge is 2.37. The van der Waals surface area contributed by atoms with Gasteiger partial charge in [0.25, 0.3) is 5.56 Å². The summed E-state index contributed by atoms with van der Waals surface area (Å²) in [7, 11) is -0.577. The Morgan fingerprint density at radius 2 is 1.96 bits per heavy atom. The molecule has 1 aliphatic heterocycles. The largest absolute Gasteiger partial charge is 0.366 e. The van der Waals surface area contributed by atoms with Crippen LogP contribution in [-0.2, 0) is 19.6 Å². The molecule has 1 aromatic carbocycles. The number of benzene rings is 1. The van der Waals surface area contributed by atoms with E-state index >= 15 is 0 Å². The zero-order valence-electron chi connectivity index (χ0n) is 14.2. The molecule has 0 spiro atoms. The number of sulfonamides is 1. The summed E-state index contributed by atoms with van der Waals surface area (Å²) in [6.45, 7) is 0.149. The molecule has 26 heavy (non-hydrogen) atoms. The smallest absolute Gasteiger partial charge is 0.326 e. The third kappa shape index (κ3) is 3.41. The van der Waals surface area contributed by atoms with Crippen LogP contribution in [0, 0.1) is 0 Å². The van der Waals surface area contributed by atoms with Crippen LogP contribution < -0.4 is 11.2 Å². The molecule has 2 heterocycles. The first-order valence-electron chi connectivity index (χ1n) is 7.77. The second-order valence-corrected chi connectivity index (χ2v) is 8.10. The molecule has 0 saturated carbocycles. The Balaban J connectivity index is 1.74. The maximum Gasteiger partial charge on any atom is 0.326 e. The van der Waals surface area contributed by atoms with Gasteiger partial charge in [0.1, 0.15) is 6.61 Å². The van der Waals surface area contributed by atoms with E-state index in [1.54, 1.807) is 14.1 Å². The van der Waals surface area contributed by atoms with Crippen molar-refractivity contribution in [3.05, 3.63) is 39.0 Å². The minimum atomic E-state index is -3.80. The molecule has 10 nitrogen and oxygen atoms in total. The van der Waals surface area contributed by atoms with Crippen molar-refractivity contribution in [2.24, 2.45) is 0 Å². The van der Waals surface area contributed by atoms with Gasteiger partial charge in [-0.3, -0.25) is 14.6 Å². The quantitative estimate of drug-likeness (QED) is 0.660. The number of ether oxygens (including phenoxy) is 1. The molecular formula is C15H18N4O6S. The summed E-state index contributed by atoms with van der Waals surface area (Å²) < 4.78 is 31.9. The van der Waals surface area contributed by atoms with Gasteiger partial charge in [-0.05, 0) is 18.2 Å². The normalized spacial score (nSPS) is 15.8. The Hall–Kier alpha value is -2.50. The lowest BCUT2D eigenvalue weighted by Gasteiger charge is -2.37. The van der Waals surface area contributed by atoms with Crippen LogP contribution in [0.15, 0.2) is 32.7 Å². The molecule has 1 aromatic heterocycles. The van der Waals surface area contributed by atoms with E-state index in [0.717, 1.165) is 0 Å². The highest BCUT2D eigenvalue weighted by molar-refractivity contribution is 7.89. The zero-order valence-corrected chi connectivity index (χ0v) is 15.0. The van der Waals surface area contributed by atoms with Gasteiger partial charge in [0, 0.05) is 27.2 Å². The fraction of sp³-hybridized carbons (Fsp3) is 0.400. The number of carbonyl (C=O) groups excluding carboxylic acids is 1. The van der Waals surface area contributed by atoms with Gasteiger partial charge in [0.05, 0.1) is 21.9 Å². The average molecular weight is 382 g/mol. The summed E-state index contributed by atoms with van der Waals surface area (Å²) in [5, 5.41) is 0.0792. The molecule has 140 valence electrons. The maximum absolute atomic E-state index is 12.6. The van der Waals surface area contributed by atoms with E-state index < -0.39 is 21.3 Å². The molecule has 1 amide bonds. The van der Waals surface area contributed by atoms with Crippen molar-refractivity contribution < 1.29 is 17.9 Å². The average Bonchev–Trinajstić information content (AvgIpc) is 2.52. The van der Waals surface area contributed by atoms with Crippen LogP contribution in [0.3, 0.4) is 0 Å². The van der Waals surface area contributed by atoms with E-state index in [0.29, 0.717) is 0 Å². The number of carbonyl (C=O) groups is 1. The zero-order chi connectivity index (χ0) is 19.1. The summed E-state index contributed by atoms with van der Waals surface area (Å²) in [4.78, 5) is 40.4. The number of rotatable bonds is 5. The van der Waals surface area contributed by atoms with Crippen molar-refractivity contribution >= 4 is 26.8 Å². The molecule has 0 atom stereocenters. The number of likely N-dealkylation sites (N-methyl/N-ethyl adjacent to an activating group) is 1. The van der Waals surface area contributed by atoms with Crippen LogP contribution in [0.5, 0.6) is 0 Å². The number of aromatic amines is 2. The van der Waals surface area contributed by atoms with Crippen molar-refractivity contribution in [1.29, 1.82) is 0 Å². The molecule has 1 saturated heterocycles. The van der Waals surface area contributed by atoms with Crippen molar-refractivity contribution in [3.8, 4) is 0 Å². The lowest BCUT2D eigenvalue weighted by Crippen LogP contribution is -2.55. The van der Waals surface area contributed by atoms with Crippen LogP contribution in [0.2, 0.25) is 0 Å². The summed E-state index contributed by atoms with van der Waals surface area (Å²) in [5.41, 5.74) is -1.06. The molecule has 2 aromatic rings. The molecule has 3 rings (SSSR count). The highest BCUT2D eigenvalue weighted by Crippen LogP contribution is 2.24. The summed E-state index contributed by atoms with van der Waals surface area (Å²) in [6.07, 6.45) is -0.353. The first-order valence-corrected chi connectivity index (χ1v) is 9.21. The standard InChI is InChI=1S/C15H18N4O6S/c1-18(2)13(20)8-25-9-6-19(7-9)26(23,24)10-3-4-12-11(5-10)14(21)17-15(22)16-12/h3-5,9H,6-8H2,1-2H3,(H2,16,17,21,22). The van der Waals surface area contributed by atoms with Gasteiger partial charge in [-0.25, -0.2) is 13.2 Å². The van der Waals surface area contributed by atoms with Gasteiger partial charge in [0.2, 0.25) is 15.9 Å². The number of fused-ring (bicyclic) bond motifs is 1. The Labute approximate surface area is 148 Å². The SMILES string of the molecule is CN(C)C(=O)COC1CN(S(=O)(=O)c2ccc3[nH]c(=O)[nH]c(=O)c3c2)C1. The number of hydrogen-bond acceptors (Lipinski definition) is 6. The van der Waals surface area contributed by atoms with E-state index in [1.807, 2.05) is 0 Å². The number of nitrogens with zero attached hydrogens (tertiary/aromatic N) is 2. The topological polar surface area (TPSA) is 133 Å². The van der Waals surface area contributed by atoms with Gasteiger partial charge in [-0.15, -0.1) is 0 Å². The third-order valence-corrected chi connectivity index (χ3v) is 5.93. The number of amides is 1. The first kappa shape index (κ1) is 18.3. The first-order chi connectivity index (χ1) is 12.2. The van der Waals surface area contributed by atoms with Crippen molar-refractivity contribution in [2.45, 2.75) is 11.0 Å². The molecule has 0 unspecified atom stereocenters. The summed E-state index contributed by atoms with van der Waals surface area (Å²) >= 11 is 0.